The first-order valence-electron chi connectivity index (χ1n) is 4.55. The van der Waals surface area contributed by atoms with Gasteiger partial charge in [0.2, 0.25) is 0 Å². The van der Waals surface area contributed by atoms with Gasteiger partial charge in [-0.2, -0.15) is 0 Å². The molecule has 0 aliphatic carbocycles. The number of methoxy groups -OCH3 is 1. The van der Waals surface area contributed by atoms with Crippen LogP contribution in [0.5, 0.6) is 0 Å². The summed E-state index contributed by atoms with van der Waals surface area (Å²) in [7, 11) is 1.70. The van der Waals surface area contributed by atoms with E-state index >= 15 is 0 Å². The van der Waals surface area contributed by atoms with Crippen LogP contribution < -0.4 is 5.32 Å². The van der Waals surface area contributed by atoms with Crippen molar-refractivity contribution >= 4 is 0 Å². The van der Waals surface area contributed by atoms with Gasteiger partial charge in [0.1, 0.15) is 0 Å². The number of hydrogen-bond acceptors (Lipinski definition) is 3. The van der Waals surface area contributed by atoms with Crippen LogP contribution in [0.25, 0.3) is 0 Å². The van der Waals surface area contributed by atoms with Gasteiger partial charge in [0, 0.05) is 19.2 Å². The highest BCUT2D eigenvalue weighted by atomic mass is 16.5. The van der Waals surface area contributed by atoms with Crippen LogP contribution in [0.4, 0.5) is 0 Å². The zero-order chi connectivity index (χ0) is 9.56. The second-order valence-electron chi connectivity index (χ2n) is 3.18. The highest BCUT2D eigenvalue weighted by Crippen LogP contribution is 1.99. The van der Waals surface area contributed by atoms with Crippen LogP contribution in [0.15, 0.2) is 0 Å². The molecule has 0 saturated carbocycles. The molecule has 0 aliphatic heterocycles. The zero-order valence-corrected chi connectivity index (χ0v) is 8.50. The minimum atomic E-state index is 0.186. The summed E-state index contributed by atoms with van der Waals surface area (Å²) in [6, 6.07) is 0.477. The maximum Gasteiger partial charge on any atom is 0.0693 e. The van der Waals surface area contributed by atoms with Gasteiger partial charge in [0.25, 0.3) is 0 Å². The lowest BCUT2D eigenvalue weighted by Gasteiger charge is -2.24. The van der Waals surface area contributed by atoms with Crippen molar-refractivity contribution in [1.29, 1.82) is 0 Å². The lowest BCUT2D eigenvalue weighted by atomic mass is 10.1. The summed E-state index contributed by atoms with van der Waals surface area (Å²) in [6.45, 7) is 6.32. The van der Waals surface area contributed by atoms with Gasteiger partial charge in [-0.05, 0) is 20.3 Å². The molecule has 0 aromatic heterocycles. The molecule has 0 amide bonds. The van der Waals surface area contributed by atoms with E-state index in [1.54, 1.807) is 7.11 Å². The zero-order valence-electron chi connectivity index (χ0n) is 8.50. The number of ether oxygens (including phenoxy) is 1. The fourth-order valence-corrected chi connectivity index (χ4v) is 1.01. The Kier molecular flexibility index (Phi) is 6.34. The van der Waals surface area contributed by atoms with E-state index in [1.165, 1.54) is 0 Å². The van der Waals surface area contributed by atoms with E-state index in [4.69, 9.17) is 9.84 Å². The minimum Gasteiger partial charge on any atom is -0.395 e. The third-order valence-corrected chi connectivity index (χ3v) is 2.29. The summed E-state index contributed by atoms with van der Waals surface area (Å²) in [4.78, 5) is 0. The Labute approximate surface area is 75.1 Å². The van der Waals surface area contributed by atoms with Crippen molar-refractivity contribution in [3.05, 3.63) is 0 Å². The van der Waals surface area contributed by atoms with Crippen LogP contribution in [0, 0.1) is 0 Å². The highest BCUT2D eigenvalue weighted by Gasteiger charge is 2.14. The van der Waals surface area contributed by atoms with E-state index in [2.05, 4.69) is 19.2 Å². The minimum absolute atomic E-state index is 0.186. The smallest absolute Gasteiger partial charge is 0.0693 e. The summed E-state index contributed by atoms with van der Waals surface area (Å²) in [5.74, 6) is 0. The molecule has 0 heterocycles. The number of aliphatic hydroxyl groups is 1. The van der Waals surface area contributed by atoms with Crippen molar-refractivity contribution in [1.82, 2.24) is 5.32 Å². The van der Waals surface area contributed by atoms with E-state index in [1.807, 2.05) is 6.92 Å². The Morgan fingerprint density at radius 1 is 1.42 bits per heavy atom. The molecule has 3 atom stereocenters. The van der Waals surface area contributed by atoms with Gasteiger partial charge in [-0.1, -0.05) is 6.92 Å². The number of aliphatic hydroxyl groups excluding tert-OH is 1. The first-order valence-corrected chi connectivity index (χ1v) is 4.55. The van der Waals surface area contributed by atoms with Crippen LogP contribution in [-0.4, -0.2) is 37.0 Å². The quantitative estimate of drug-likeness (QED) is 0.626. The molecule has 3 nitrogen and oxygen atoms in total. The van der Waals surface area contributed by atoms with Crippen molar-refractivity contribution < 1.29 is 9.84 Å². The molecule has 3 heteroatoms. The topological polar surface area (TPSA) is 41.5 Å². The van der Waals surface area contributed by atoms with Crippen molar-refractivity contribution in [2.75, 3.05) is 13.7 Å². The average Bonchev–Trinajstić information content (AvgIpc) is 2.12. The Morgan fingerprint density at radius 2 is 2.00 bits per heavy atom. The van der Waals surface area contributed by atoms with Crippen LogP contribution in [-0.2, 0) is 4.74 Å². The maximum atomic E-state index is 8.93. The Balaban J connectivity index is 3.72. The van der Waals surface area contributed by atoms with Crippen molar-refractivity contribution in [2.24, 2.45) is 0 Å². The van der Waals surface area contributed by atoms with E-state index in [9.17, 15) is 0 Å². The van der Waals surface area contributed by atoms with Crippen LogP contribution in [0.2, 0.25) is 0 Å². The Hall–Kier alpha value is -0.120. The molecule has 0 aliphatic rings. The standard InChI is InChI=1S/C9H21NO2/c1-5-9(6-11)10-7(2)8(3)12-4/h7-11H,5-6H2,1-4H3/t7?,8?,9-/m1/s1. The molecule has 0 spiro atoms. The third kappa shape index (κ3) is 4.04. The molecule has 0 radical (unpaired) electrons. The summed E-state index contributed by atoms with van der Waals surface area (Å²) in [5, 5.41) is 12.2. The molecule has 0 bridgehead atoms. The SMILES string of the molecule is CC[C@H](CO)NC(C)C(C)OC. The lowest BCUT2D eigenvalue weighted by molar-refractivity contribution is 0.0793. The van der Waals surface area contributed by atoms with Crippen LogP contribution in [0.1, 0.15) is 27.2 Å². The van der Waals surface area contributed by atoms with E-state index in [0.717, 1.165) is 6.42 Å². The lowest BCUT2D eigenvalue weighted by Crippen LogP contribution is -2.44. The van der Waals surface area contributed by atoms with Gasteiger partial charge in [-0.3, -0.25) is 0 Å². The number of hydrogen-bond donors (Lipinski definition) is 2. The van der Waals surface area contributed by atoms with Gasteiger partial charge in [0.05, 0.1) is 12.7 Å². The molecular weight excluding hydrogens is 154 g/mol. The van der Waals surface area contributed by atoms with Crippen molar-refractivity contribution in [3.63, 3.8) is 0 Å². The predicted octanol–water partition coefficient (Wildman–Crippen LogP) is 0.770. The number of rotatable bonds is 6. The fraction of sp³-hybridized carbons (Fsp3) is 1.00. The second-order valence-corrected chi connectivity index (χ2v) is 3.18. The van der Waals surface area contributed by atoms with Gasteiger partial charge in [-0.25, -0.2) is 0 Å². The molecule has 74 valence electrons. The molecule has 2 unspecified atom stereocenters. The molecule has 0 fully saturated rings. The van der Waals surface area contributed by atoms with Gasteiger partial charge in [0.15, 0.2) is 0 Å². The summed E-state index contributed by atoms with van der Waals surface area (Å²) < 4.78 is 5.16. The second kappa shape index (κ2) is 6.40. The third-order valence-electron chi connectivity index (χ3n) is 2.29. The summed E-state index contributed by atoms with van der Waals surface area (Å²) >= 11 is 0. The summed E-state index contributed by atoms with van der Waals surface area (Å²) in [5.41, 5.74) is 0. The molecule has 0 saturated heterocycles. The van der Waals surface area contributed by atoms with E-state index in [0.29, 0.717) is 0 Å². The average molecular weight is 175 g/mol. The molecule has 0 aromatic rings. The molecular formula is C9H21NO2. The van der Waals surface area contributed by atoms with Gasteiger partial charge in [-0.15, -0.1) is 0 Å². The highest BCUT2D eigenvalue weighted by molar-refractivity contribution is 4.73. The predicted molar refractivity (Wildman–Crippen MR) is 50.2 cm³/mol. The van der Waals surface area contributed by atoms with Crippen LogP contribution in [0.3, 0.4) is 0 Å². The molecule has 2 N–H and O–H groups in total. The molecule has 12 heavy (non-hydrogen) atoms. The van der Waals surface area contributed by atoms with E-state index in [-0.39, 0.29) is 24.8 Å². The maximum absolute atomic E-state index is 8.93. The fourth-order valence-electron chi connectivity index (χ4n) is 1.01. The van der Waals surface area contributed by atoms with Crippen molar-refractivity contribution in [2.45, 2.75) is 45.4 Å². The first-order chi connectivity index (χ1) is 5.65. The normalized spacial score (nSPS) is 18.8. The van der Waals surface area contributed by atoms with Crippen molar-refractivity contribution in [3.8, 4) is 0 Å². The summed E-state index contributed by atoms with van der Waals surface area (Å²) in [6.07, 6.45) is 1.13. The van der Waals surface area contributed by atoms with Gasteiger partial charge < -0.3 is 15.2 Å². The Bertz CT molecular complexity index is 105. The number of nitrogens with one attached hydrogen (secondary N) is 1. The molecule has 0 rings (SSSR count). The largest absolute Gasteiger partial charge is 0.395 e. The van der Waals surface area contributed by atoms with Crippen LogP contribution >= 0.6 is 0 Å². The van der Waals surface area contributed by atoms with Gasteiger partial charge >= 0.3 is 0 Å². The van der Waals surface area contributed by atoms with E-state index < -0.39 is 0 Å². The first kappa shape index (κ1) is 11.9. The monoisotopic (exact) mass is 175 g/mol. The molecule has 0 aromatic carbocycles. The Morgan fingerprint density at radius 3 is 2.33 bits per heavy atom.